The van der Waals surface area contributed by atoms with Crippen LogP contribution in [0.4, 0.5) is 0 Å². The van der Waals surface area contributed by atoms with Crippen molar-refractivity contribution in [3.63, 3.8) is 0 Å². The third kappa shape index (κ3) is 4.36. The van der Waals surface area contributed by atoms with Crippen LogP contribution >= 0.6 is 11.3 Å². The van der Waals surface area contributed by atoms with E-state index in [-0.39, 0.29) is 12.5 Å². The van der Waals surface area contributed by atoms with Gasteiger partial charge in [-0.05, 0) is 18.1 Å². The van der Waals surface area contributed by atoms with E-state index in [2.05, 4.69) is 20.5 Å². The molecule has 2 heterocycles. The monoisotopic (exact) mass is 340 g/mol. The Morgan fingerprint density at radius 2 is 2.00 bits per heavy atom. The van der Waals surface area contributed by atoms with Crippen molar-refractivity contribution in [2.75, 3.05) is 0 Å². The number of carbonyl (C=O) groups is 1. The molecular formula is C17H16N4O2S. The molecule has 0 spiro atoms. The van der Waals surface area contributed by atoms with E-state index in [1.165, 1.54) is 11.3 Å². The molecule has 0 saturated heterocycles. The molecule has 1 aromatic carbocycles. The Morgan fingerprint density at radius 1 is 1.17 bits per heavy atom. The van der Waals surface area contributed by atoms with Crippen LogP contribution in [0, 0.1) is 6.92 Å². The van der Waals surface area contributed by atoms with Gasteiger partial charge < -0.3 is 10.1 Å². The molecule has 1 N–H and O–H groups in total. The van der Waals surface area contributed by atoms with E-state index in [9.17, 15) is 4.79 Å². The third-order valence-electron chi connectivity index (χ3n) is 3.18. The zero-order valence-corrected chi connectivity index (χ0v) is 13.9. The van der Waals surface area contributed by atoms with E-state index in [1.807, 2.05) is 43.3 Å². The second-order valence-corrected chi connectivity index (χ2v) is 6.19. The molecule has 3 aromatic rings. The average Bonchev–Trinajstić information content (AvgIpc) is 3.09. The van der Waals surface area contributed by atoms with Gasteiger partial charge in [0.1, 0.15) is 6.61 Å². The molecule has 0 saturated carbocycles. The number of pyridine rings is 1. The number of aryl methyl sites for hydroxylation is 1. The third-order valence-corrected chi connectivity index (χ3v) is 4.08. The second-order valence-electron chi connectivity index (χ2n) is 5.13. The van der Waals surface area contributed by atoms with Gasteiger partial charge in [-0.15, -0.1) is 10.2 Å². The molecule has 7 heteroatoms. The summed E-state index contributed by atoms with van der Waals surface area (Å²) in [6, 6.07) is 13.4. The van der Waals surface area contributed by atoms with E-state index in [0.717, 1.165) is 11.1 Å². The standard InChI is InChI=1S/C17H16N4O2S/c1-12-7-8-14(18-9-12)23-11-15-20-21-17(24-15)16(22)19-10-13-5-3-2-4-6-13/h2-9H,10-11H2,1H3,(H,19,22). The Balaban J connectivity index is 1.52. The van der Waals surface area contributed by atoms with Crippen molar-refractivity contribution in [1.82, 2.24) is 20.5 Å². The molecule has 24 heavy (non-hydrogen) atoms. The summed E-state index contributed by atoms with van der Waals surface area (Å²) in [5.74, 6) is 0.280. The maximum Gasteiger partial charge on any atom is 0.282 e. The lowest BCUT2D eigenvalue weighted by molar-refractivity contribution is 0.0950. The summed E-state index contributed by atoms with van der Waals surface area (Å²) in [7, 11) is 0. The van der Waals surface area contributed by atoms with Gasteiger partial charge in [-0.3, -0.25) is 4.79 Å². The van der Waals surface area contributed by atoms with E-state index >= 15 is 0 Å². The maximum atomic E-state index is 12.1. The van der Waals surface area contributed by atoms with E-state index in [1.54, 1.807) is 12.3 Å². The molecule has 2 aromatic heterocycles. The van der Waals surface area contributed by atoms with Crippen LogP contribution in [0.3, 0.4) is 0 Å². The first-order chi connectivity index (χ1) is 11.7. The molecule has 0 radical (unpaired) electrons. The van der Waals surface area contributed by atoms with Crippen molar-refractivity contribution in [1.29, 1.82) is 0 Å². The molecule has 6 nitrogen and oxygen atoms in total. The summed E-state index contributed by atoms with van der Waals surface area (Å²) in [4.78, 5) is 16.2. The Morgan fingerprint density at radius 3 is 2.75 bits per heavy atom. The van der Waals surface area contributed by atoms with Gasteiger partial charge in [0.05, 0.1) is 0 Å². The first-order valence-electron chi connectivity index (χ1n) is 7.40. The SMILES string of the molecule is Cc1ccc(OCc2nnc(C(=O)NCc3ccccc3)s2)nc1. The molecule has 0 unspecified atom stereocenters. The molecule has 0 aliphatic rings. The van der Waals surface area contributed by atoms with Gasteiger partial charge >= 0.3 is 0 Å². The normalized spacial score (nSPS) is 10.4. The summed E-state index contributed by atoms with van der Waals surface area (Å²) in [6.45, 7) is 2.65. The van der Waals surface area contributed by atoms with Crippen molar-refractivity contribution >= 4 is 17.2 Å². The number of hydrogen-bond donors (Lipinski definition) is 1. The summed E-state index contributed by atoms with van der Waals surface area (Å²) in [6.07, 6.45) is 1.73. The highest BCUT2D eigenvalue weighted by Crippen LogP contribution is 2.14. The fraction of sp³-hybridized carbons (Fsp3) is 0.176. The zero-order chi connectivity index (χ0) is 16.8. The number of hydrogen-bond acceptors (Lipinski definition) is 6. The maximum absolute atomic E-state index is 12.1. The second kappa shape index (κ2) is 7.65. The number of nitrogens with one attached hydrogen (secondary N) is 1. The minimum Gasteiger partial charge on any atom is -0.470 e. The lowest BCUT2D eigenvalue weighted by atomic mass is 10.2. The van der Waals surface area contributed by atoms with Gasteiger partial charge in [-0.2, -0.15) is 0 Å². The van der Waals surface area contributed by atoms with Crippen LogP contribution in [0.1, 0.15) is 25.9 Å². The Hall–Kier alpha value is -2.80. The quantitative estimate of drug-likeness (QED) is 0.746. The van der Waals surface area contributed by atoms with Gasteiger partial charge in [0, 0.05) is 18.8 Å². The van der Waals surface area contributed by atoms with Crippen LogP contribution in [-0.2, 0) is 13.2 Å². The first-order valence-corrected chi connectivity index (χ1v) is 8.22. The lowest BCUT2D eigenvalue weighted by Gasteiger charge is -2.02. The van der Waals surface area contributed by atoms with Crippen LogP contribution in [0.5, 0.6) is 5.88 Å². The molecule has 0 atom stereocenters. The summed E-state index contributed by atoms with van der Waals surface area (Å²) in [5.41, 5.74) is 2.10. The van der Waals surface area contributed by atoms with Crippen molar-refractivity contribution in [3.05, 3.63) is 69.8 Å². The zero-order valence-electron chi connectivity index (χ0n) is 13.1. The molecule has 0 aliphatic heterocycles. The molecule has 0 aliphatic carbocycles. The number of carbonyl (C=O) groups excluding carboxylic acids is 1. The molecule has 3 rings (SSSR count). The van der Waals surface area contributed by atoms with E-state index < -0.39 is 0 Å². The van der Waals surface area contributed by atoms with Gasteiger partial charge in [0.15, 0.2) is 5.01 Å². The molecule has 0 fully saturated rings. The molecular weight excluding hydrogens is 324 g/mol. The lowest BCUT2D eigenvalue weighted by Crippen LogP contribution is -2.22. The van der Waals surface area contributed by atoms with E-state index in [4.69, 9.17) is 4.74 Å². The van der Waals surface area contributed by atoms with Crippen molar-refractivity contribution in [2.24, 2.45) is 0 Å². The summed E-state index contributed by atoms with van der Waals surface area (Å²) < 4.78 is 5.53. The van der Waals surface area contributed by atoms with Crippen LogP contribution in [-0.4, -0.2) is 21.1 Å². The number of ether oxygens (including phenoxy) is 1. The highest BCUT2D eigenvalue weighted by molar-refractivity contribution is 7.13. The van der Waals surface area contributed by atoms with Gasteiger partial charge in [-0.1, -0.05) is 47.7 Å². The molecule has 1 amide bonds. The highest BCUT2D eigenvalue weighted by atomic mass is 32.1. The molecule has 122 valence electrons. The van der Waals surface area contributed by atoms with Crippen molar-refractivity contribution in [3.8, 4) is 5.88 Å². The Labute approximate surface area is 143 Å². The number of amides is 1. The number of aromatic nitrogens is 3. The van der Waals surface area contributed by atoms with Crippen molar-refractivity contribution in [2.45, 2.75) is 20.1 Å². The van der Waals surface area contributed by atoms with E-state index in [0.29, 0.717) is 22.4 Å². The Kier molecular flexibility index (Phi) is 5.12. The summed E-state index contributed by atoms with van der Waals surface area (Å²) in [5, 5.41) is 11.7. The predicted octanol–water partition coefficient (Wildman–Crippen LogP) is 2.75. The molecule has 0 bridgehead atoms. The van der Waals surface area contributed by atoms with Gasteiger partial charge in [-0.25, -0.2) is 4.98 Å². The number of benzene rings is 1. The van der Waals surface area contributed by atoms with Gasteiger partial charge in [0.2, 0.25) is 10.9 Å². The largest absolute Gasteiger partial charge is 0.470 e. The van der Waals surface area contributed by atoms with Gasteiger partial charge in [0.25, 0.3) is 5.91 Å². The fourth-order valence-electron chi connectivity index (χ4n) is 1.93. The van der Waals surface area contributed by atoms with Crippen LogP contribution in [0.25, 0.3) is 0 Å². The smallest absolute Gasteiger partial charge is 0.282 e. The highest BCUT2D eigenvalue weighted by Gasteiger charge is 2.13. The van der Waals surface area contributed by atoms with Crippen LogP contribution < -0.4 is 10.1 Å². The number of rotatable bonds is 6. The fourth-order valence-corrected chi connectivity index (χ4v) is 2.60. The first kappa shape index (κ1) is 16.1. The average molecular weight is 340 g/mol. The van der Waals surface area contributed by atoms with Crippen molar-refractivity contribution < 1.29 is 9.53 Å². The Bertz CT molecular complexity index is 803. The number of nitrogens with zero attached hydrogens (tertiary/aromatic N) is 3. The summed E-state index contributed by atoms with van der Waals surface area (Å²) >= 11 is 1.21. The predicted molar refractivity (Wildman–Crippen MR) is 90.8 cm³/mol. The van der Waals surface area contributed by atoms with Crippen LogP contribution in [0.2, 0.25) is 0 Å². The van der Waals surface area contributed by atoms with Crippen LogP contribution in [0.15, 0.2) is 48.7 Å². The minimum absolute atomic E-state index is 0.236. The topological polar surface area (TPSA) is 77.0 Å². The minimum atomic E-state index is -0.240.